The Balaban J connectivity index is 1.83. The van der Waals surface area contributed by atoms with Crippen LogP contribution in [0.1, 0.15) is 27.2 Å². The van der Waals surface area contributed by atoms with Crippen LogP contribution in [0, 0.1) is 5.92 Å². The van der Waals surface area contributed by atoms with E-state index in [1.807, 2.05) is 29.5 Å². The second-order valence-electron chi connectivity index (χ2n) is 6.13. The average molecular weight is 320 g/mol. The quantitative estimate of drug-likeness (QED) is 0.597. The first-order valence-corrected chi connectivity index (χ1v) is 8.39. The maximum Gasteiger partial charge on any atom is 0.225 e. The molecule has 1 amide bonds. The number of imidazole rings is 1. The van der Waals surface area contributed by atoms with Crippen molar-refractivity contribution in [3.8, 4) is 0 Å². The van der Waals surface area contributed by atoms with Gasteiger partial charge in [-0.05, 0) is 13.3 Å². The van der Waals surface area contributed by atoms with Gasteiger partial charge in [-0.1, -0.05) is 13.8 Å². The van der Waals surface area contributed by atoms with Gasteiger partial charge in [-0.2, -0.15) is 0 Å². The van der Waals surface area contributed by atoms with Crippen molar-refractivity contribution in [2.24, 2.45) is 10.9 Å². The number of nitrogens with one attached hydrogen (secondary N) is 2. The van der Waals surface area contributed by atoms with Crippen molar-refractivity contribution in [3.63, 3.8) is 0 Å². The number of aliphatic imine (C=N–C) groups is 1. The predicted octanol–water partition coefficient (Wildman–Crippen LogP) is 0.695. The molecule has 2 heterocycles. The van der Waals surface area contributed by atoms with Gasteiger partial charge in [0.25, 0.3) is 0 Å². The first-order valence-electron chi connectivity index (χ1n) is 8.39. The number of hydrogen-bond acceptors (Lipinski definition) is 3. The number of amides is 1. The van der Waals surface area contributed by atoms with Crippen molar-refractivity contribution in [3.05, 3.63) is 18.7 Å². The van der Waals surface area contributed by atoms with Gasteiger partial charge in [0.05, 0.1) is 12.9 Å². The molecule has 128 valence electrons. The van der Waals surface area contributed by atoms with Gasteiger partial charge in [0, 0.05) is 50.5 Å². The van der Waals surface area contributed by atoms with Gasteiger partial charge < -0.3 is 20.1 Å². The first-order chi connectivity index (χ1) is 11.1. The molecule has 2 rings (SSSR count). The Morgan fingerprint density at radius 3 is 2.96 bits per heavy atom. The van der Waals surface area contributed by atoms with Crippen molar-refractivity contribution >= 4 is 11.9 Å². The topological polar surface area (TPSA) is 74.6 Å². The molecule has 2 N–H and O–H groups in total. The monoisotopic (exact) mass is 320 g/mol. The summed E-state index contributed by atoms with van der Waals surface area (Å²) >= 11 is 0. The van der Waals surface area contributed by atoms with Crippen LogP contribution in [0.4, 0.5) is 0 Å². The molecular formula is C16H28N6O. The van der Waals surface area contributed by atoms with Crippen molar-refractivity contribution in [2.45, 2.75) is 39.8 Å². The maximum absolute atomic E-state index is 12.0. The number of hydrogen-bond donors (Lipinski definition) is 2. The SMILES string of the molecule is CCNC(=NCCn1ccnc1)NC1CCN(C(=O)C(C)C)C1. The van der Waals surface area contributed by atoms with Crippen molar-refractivity contribution in [1.82, 2.24) is 25.1 Å². The van der Waals surface area contributed by atoms with E-state index in [1.54, 1.807) is 12.5 Å². The number of carbonyl (C=O) groups excluding carboxylic acids is 1. The lowest BCUT2D eigenvalue weighted by Crippen LogP contribution is -2.45. The standard InChI is InChI=1S/C16H28N6O/c1-4-18-16(19-7-10-21-9-6-17-12-21)20-14-5-8-22(11-14)15(23)13(2)3/h6,9,12-14H,4-5,7-8,10-11H2,1-3H3,(H2,18,19,20). The third-order valence-electron chi connectivity index (χ3n) is 3.87. The Morgan fingerprint density at radius 2 is 2.30 bits per heavy atom. The number of carbonyl (C=O) groups is 1. The van der Waals surface area contributed by atoms with Gasteiger partial charge in [-0.15, -0.1) is 0 Å². The van der Waals surface area contributed by atoms with Crippen LogP contribution < -0.4 is 10.6 Å². The molecule has 1 atom stereocenters. The smallest absolute Gasteiger partial charge is 0.225 e. The van der Waals surface area contributed by atoms with E-state index in [-0.39, 0.29) is 17.9 Å². The van der Waals surface area contributed by atoms with E-state index < -0.39 is 0 Å². The van der Waals surface area contributed by atoms with Crippen LogP contribution in [-0.4, -0.2) is 58.5 Å². The highest BCUT2D eigenvalue weighted by Crippen LogP contribution is 2.12. The summed E-state index contributed by atoms with van der Waals surface area (Å²) in [6, 6.07) is 0.267. The minimum Gasteiger partial charge on any atom is -0.357 e. The largest absolute Gasteiger partial charge is 0.357 e. The number of nitrogens with zero attached hydrogens (tertiary/aromatic N) is 4. The lowest BCUT2D eigenvalue weighted by molar-refractivity contribution is -0.133. The van der Waals surface area contributed by atoms with E-state index in [0.29, 0.717) is 6.54 Å². The lowest BCUT2D eigenvalue weighted by Gasteiger charge is -2.20. The van der Waals surface area contributed by atoms with Gasteiger partial charge in [-0.25, -0.2) is 4.98 Å². The first kappa shape index (κ1) is 17.3. The van der Waals surface area contributed by atoms with Gasteiger partial charge in [0.2, 0.25) is 5.91 Å². The molecule has 0 aromatic carbocycles. The molecule has 0 saturated carbocycles. The molecule has 0 spiro atoms. The fourth-order valence-electron chi connectivity index (χ4n) is 2.65. The highest BCUT2D eigenvalue weighted by atomic mass is 16.2. The number of guanidine groups is 1. The lowest BCUT2D eigenvalue weighted by atomic mass is 10.2. The Morgan fingerprint density at radius 1 is 1.48 bits per heavy atom. The van der Waals surface area contributed by atoms with Gasteiger partial charge >= 0.3 is 0 Å². The fraction of sp³-hybridized carbons (Fsp3) is 0.688. The molecule has 7 nitrogen and oxygen atoms in total. The molecule has 23 heavy (non-hydrogen) atoms. The highest BCUT2D eigenvalue weighted by molar-refractivity contribution is 5.81. The summed E-state index contributed by atoms with van der Waals surface area (Å²) < 4.78 is 2.01. The van der Waals surface area contributed by atoms with E-state index in [4.69, 9.17) is 0 Å². The summed E-state index contributed by atoms with van der Waals surface area (Å²) in [4.78, 5) is 22.6. The van der Waals surface area contributed by atoms with E-state index in [9.17, 15) is 4.79 Å². The summed E-state index contributed by atoms with van der Waals surface area (Å²) in [5.41, 5.74) is 0. The predicted molar refractivity (Wildman–Crippen MR) is 91.2 cm³/mol. The summed E-state index contributed by atoms with van der Waals surface area (Å²) in [6.45, 7) is 9.84. The zero-order chi connectivity index (χ0) is 16.7. The third-order valence-corrected chi connectivity index (χ3v) is 3.87. The second kappa shape index (κ2) is 8.55. The molecule has 1 aromatic heterocycles. The number of rotatable bonds is 6. The molecule has 1 unspecified atom stereocenters. The molecule has 1 fully saturated rings. The number of likely N-dealkylation sites (tertiary alicyclic amines) is 1. The van der Waals surface area contributed by atoms with E-state index in [2.05, 4.69) is 27.5 Å². The molecule has 0 radical (unpaired) electrons. The Labute approximate surface area is 138 Å². The van der Waals surface area contributed by atoms with E-state index >= 15 is 0 Å². The Hall–Kier alpha value is -2.05. The number of aromatic nitrogens is 2. The molecule has 7 heteroatoms. The van der Waals surface area contributed by atoms with Crippen LogP contribution in [-0.2, 0) is 11.3 Å². The normalized spacial score (nSPS) is 18.5. The summed E-state index contributed by atoms with van der Waals surface area (Å²) in [6.07, 6.45) is 6.46. The molecule has 1 aliphatic rings. The summed E-state index contributed by atoms with van der Waals surface area (Å²) in [5.74, 6) is 1.11. The van der Waals surface area contributed by atoms with Crippen LogP contribution >= 0.6 is 0 Å². The van der Waals surface area contributed by atoms with Gasteiger partial charge in [0.1, 0.15) is 0 Å². The van der Waals surface area contributed by atoms with Gasteiger partial charge in [0.15, 0.2) is 5.96 Å². The minimum absolute atomic E-state index is 0.0610. The molecule has 0 bridgehead atoms. The third kappa shape index (κ3) is 5.26. The zero-order valence-electron chi connectivity index (χ0n) is 14.3. The molecule has 1 aliphatic heterocycles. The van der Waals surface area contributed by atoms with E-state index in [1.165, 1.54) is 0 Å². The summed E-state index contributed by atoms with van der Waals surface area (Å²) in [5, 5.41) is 6.71. The van der Waals surface area contributed by atoms with Crippen LogP contribution in [0.25, 0.3) is 0 Å². The summed E-state index contributed by atoms with van der Waals surface area (Å²) in [7, 11) is 0. The van der Waals surface area contributed by atoms with Gasteiger partial charge in [-0.3, -0.25) is 9.79 Å². The molecule has 1 aromatic rings. The van der Waals surface area contributed by atoms with Crippen LogP contribution in [0.3, 0.4) is 0 Å². The van der Waals surface area contributed by atoms with Crippen molar-refractivity contribution in [1.29, 1.82) is 0 Å². The van der Waals surface area contributed by atoms with Crippen LogP contribution in [0.15, 0.2) is 23.7 Å². The molecule has 0 aliphatic carbocycles. The Kier molecular flexibility index (Phi) is 6.43. The fourth-order valence-corrected chi connectivity index (χ4v) is 2.65. The minimum atomic E-state index is 0.0610. The molecular weight excluding hydrogens is 292 g/mol. The van der Waals surface area contributed by atoms with Crippen molar-refractivity contribution in [2.75, 3.05) is 26.2 Å². The van der Waals surface area contributed by atoms with Crippen LogP contribution in [0.2, 0.25) is 0 Å². The highest BCUT2D eigenvalue weighted by Gasteiger charge is 2.27. The Bertz CT molecular complexity index is 511. The average Bonchev–Trinajstić information content (AvgIpc) is 3.18. The zero-order valence-corrected chi connectivity index (χ0v) is 14.3. The second-order valence-corrected chi connectivity index (χ2v) is 6.13. The van der Waals surface area contributed by atoms with E-state index in [0.717, 1.165) is 38.6 Å². The van der Waals surface area contributed by atoms with Crippen molar-refractivity contribution < 1.29 is 4.79 Å². The molecule has 1 saturated heterocycles. The maximum atomic E-state index is 12.0. The van der Waals surface area contributed by atoms with Crippen LogP contribution in [0.5, 0.6) is 0 Å².